The van der Waals surface area contributed by atoms with E-state index >= 15 is 0 Å². The van der Waals surface area contributed by atoms with Crippen molar-refractivity contribution in [3.8, 4) is 0 Å². The molecule has 1 saturated heterocycles. The second-order valence-corrected chi connectivity index (χ2v) is 6.33. The van der Waals surface area contributed by atoms with E-state index in [4.69, 9.17) is 5.73 Å². The van der Waals surface area contributed by atoms with Crippen molar-refractivity contribution in [2.45, 2.75) is 45.3 Å². The van der Waals surface area contributed by atoms with Gasteiger partial charge in [-0.1, -0.05) is 20.8 Å². The van der Waals surface area contributed by atoms with Crippen LogP contribution >= 0.6 is 0 Å². The molecule has 0 bridgehead atoms. The first-order valence-electron chi connectivity index (χ1n) is 7.25. The van der Waals surface area contributed by atoms with Crippen LogP contribution in [-0.2, 0) is 4.79 Å². The number of nitrogens with two attached hydrogens (primary N) is 1. The van der Waals surface area contributed by atoms with Crippen molar-refractivity contribution >= 4 is 5.91 Å². The molecule has 19 heavy (non-hydrogen) atoms. The number of hydrogen-bond acceptors (Lipinski definition) is 4. The van der Waals surface area contributed by atoms with Crippen LogP contribution in [0.1, 0.15) is 27.2 Å². The van der Waals surface area contributed by atoms with Gasteiger partial charge in [-0.15, -0.1) is 0 Å². The average molecular weight is 270 g/mol. The molecule has 0 saturated carbocycles. The number of carbonyl (C=O) groups is 1. The Morgan fingerprint density at radius 1 is 1.42 bits per heavy atom. The summed E-state index contributed by atoms with van der Waals surface area (Å²) >= 11 is 0. The lowest BCUT2D eigenvalue weighted by Gasteiger charge is -2.23. The molecule has 5 heteroatoms. The highest BCUT2D eigenvalue weighted by Crippen LogP contribution is 2.20. The van der Waals surface area contributed by atoms with Crippen LogP contribution in [-0.4, -0.2) is 67.6 Å². The maximum Gasteiger partial charge on any atom is 0.234 e. The van der Waals surface area contributed by atoms with Gasteiger partial charge in [-0.05, 0) is 26.4 Å². The maximum atomic E-state index is 11.4. The van der Waals surface area contributed by atoms with Gasteiger partial charge in [0, 0.05) is 31.7 Å². The molecule has 0 radical (unpaired) electrons. The van der Waals surface area contributed by atoms with Gasteiger partial charge in [-0.25, -0.2) is 0 Å². The van der Waals surface area contributed by atoms with Gasteiger partial charge in [0.05, 0.1) is 6.04 Å². The Morgan fingerprint density at radius 3 is 2.47 bits per heavy atom. The number of likely N-dealkylation sites (N-methyl/N-ethyl adjacent to an activating group) is 1. The summed E-state index contributed by atoms with van der Waals surface area (Å²) < 4.78 is 0. The fourth-order valence-electron chi connectivity index (χ4n) is 2.92. The molecule has 5 nitrogen and oxygen atoms in total. The number of likely N-dealkylation sites (tertiary alicyclic amines) is 1. The summed E-state index contributed by atoms with van der Waals surface area (Å²) in [5, 5.41) is 3.24. The maximum absolute atomic E-state index is 11.4. The zero-order chi connectivity index (χ0) is 14.6. The monoisotopic (exact) mass is 270 g/mol. The fraction of sp³-hybridized carbons (Fsp3) is 0.929. The van der Waals surface area contributed by atoms with Crippen molar-refractivity contribution in [1.82, 2.24) is 15.1 Å². The highest BCUT2D eigenvalue weighted by molar-refractivity contribution is 5.79. The molecule has 1 aliphatic rings. The molecule has 3 N–H and O–H groups in total. The fourth-order valence-corrected chi connectivity index (χ4v) is 2.92. The van der Waals surface area contributed by atoms with Crippen LogP contribution < -0.4 is 11.1 Å². The van der Waals surface area contributed by atoms with E-state index in [1.165, 1.54) is 0 Å². The molecule has 0 aromatic rings. The van der Waals surface area contributed by atoms with Gasteiger partial charge >= 0.3 is 0 Å². The number of hydrogen-bond donors (Lipinski definition) is 2. The summed E-state index contributed by atoms with van der Waals surface area (Å²) in [7, 11) is 4.27. The van der Waals surface area contributed by atoms with Crippen LogP contribution in [0.15, 0.2) is 0 Å². The van der Waals surface area contributed by atoms with Crippen LogP contribution in [0.5, 0.6) is 0 Å². The largest absolute Gasteiger partial charge is 0.368 e. The molecule has 0 spiro atoms. The molecule has 1 fully saturated rings. The Labute approximate surface area is 117 Å². The summed E-state index contributed by atoms with van der Waals surface area (Å²) in [6.07, 6.45) is 0.792. The number of nitrogens with one attached hydrogen (secondary N) is 1. The Balaban J connectivity index is 2.41. The SMILES string of the molecule is CC(C)NC(CCN1CC(C)C(N(C)C)C1)C(N)=O. The van der Waals surface area contributed by atoms with Crippen LogP contribution in [0.2, 0.25) is 0 Å². The number of primary amides is 1. The number of amides is 1. The lowest BCUT2D eigenvalue weighted by molar-refractivity contribution is -0.120. The molecule has 0 aliphatic carbocycles. The van der Waals surface area contributed by atoms with E-state index in [0.29, 0.717) is 12.0 Å². The van der Waals surface area contributed by atoms with Gasteiger partial charge in [0.25, 0.3) is 0 Å². The molecule has 1 heterocycles. The van der Waals surface area contributed by atoms with Crippen molar-refractivity contribution in [2.75, 3.05) is 33.7 Å². The van der Waals surface area contributed by atoms with E-state index in [1.807, 2.05) is 13.8 Å². The van der Waals surface area contributed by atoms with E-state index in [1.54, 1.807) is 0 Å². The molecule has 0 aromatic heterocycles. The Hall–Kier alpha value is -0.650. The van der Waals surface area contributed by atoms with E-state index in [9.17, 15) is 4.79 Å². The molecule has 3 unspecified atom stereocenters. The number of nitrogens with zero attached hydrogens (tertiary/aromatic N) is 2. The normalized spacial score (nSPS) is 26.3. The second kappa shape index (κ2) is 7.22. The smallest absolute Gasteiger partial charge is 0.234 e. The van der Waals surface area contributed by atoms with Crippen molar-refractivity contribution < 1.29 is 4.79 Å². The van der Waals surface area contributed by atoms with Gasteiger partial charge in [-0.2, -0.15) is 0 Å². The molecule has 3 atom stereocenters. The predicted molar refractivity (Wildman–Crippen MR) is 79.0 cm³/mol. The van der Waals surface area contributed by atoms with Crippen molar-refractivity contribution in [3.05, 3.63) is 0 Å². The van der Waals surface area contributed by atoms with Crippen LogP contribution in [0.4, 0.5) is 0 Å². The molecule has 112 valence electrons. The second-order valence-electron chi connectivity index (χ2n) is 6.33. The zero-order valence-electron chi connectivity index (χ0n) is 13.0. The molecule has 1 amide bonds. The Morgan fingerprint density at radius 2 is 2.05 bits per heavy atom. The first-order valence-corrected chi connectivity index (χ1v) is 7.25. The summed E-state index contributed by atoms with van der Waals surface area (Å²) in [6, 6.07) is 0.684. The lowest BCUT2D eigenvalue weighted by atomic mass is 10.1. The summed E-state index contributed by atoms with van der Waals surface area (Å²) in [6.45, 7) is 9.49. The third kappa shape index (κ3) is 5.09. The quantitative estimate of drug-likeness (QED) is 0.689. The third-order valence-electron chi connectivity index (χ3n) is 3.92. The van der Waals surface area contributed by atoms with Crippen LogP contribution in [0.3, 0.4) is 0 Å². The molecular weight excluding hydrogens is 240 g/mol. The van der Waals surface area contributed by atoms with E-state index in [2.05, 4.69) is 36.1 Å². The van der Waals surface area contributed by atoms with Gasteiger partial charge in [0.15, 0.2) is 0 Å². The predicted octanol–water partition coefficient (Wildman–Crippen LogP) is 0.110. The highest BCUT2D eigenvalue weighted by Gasteiger charge is 2.31. The van der Waals surface area contributed by atoms with Crippen molar-refractivity contribution in [2.24, 2.45) is 11.7 Å². The summed E-state index contributed by atoms with van der Waals surface area (Å²) in [5.41, 5.74) is 5.44. The summed E-state index contributed by atoms with van der Waals surface area (Å²) in [4.78, 5) is 16.1. The molecular formula is C14H30N4O. The first kappa shape index (κ1) is 16.4. The van der Waals surface area contributed by atoms with E-state index in [-0.39, 0.29) is 18.0 Å². The number of rotatable bonds is 7. The number of carbonyl (C=O) groups excluding carboxylic acids is 1. The molecule has 1 aliphatic heterocycles. The van der Waals surface area contributed by atoms with Crippen LogP contribution in [0.25, 0.3) is 0 Å². The average Bonchev–Trinajstić information content (AvgIpc) is 2.65. The standard InChI is InChI=1S/C14H30N4O/c1-10(2)16-12(14(15)19)6-7-18-8-11(3)13(9-18)17(4)5/h10-13,16H,6-9H2,1-5H3,(H2,15,19). The Kier molecular flexibility index (Phi) is 6.23. The third-order valence-corrected chi connectivity index (χ3v) is 3.92. The molecule has 1 rings (SSSR count). The van der Waals surface area contributed by atoms with Gasteiger partial charge in [0.2, 0.25) is 5.91 Å². The van der Waals surface area contributed by atoms with Crippen LogP contribution in [0, 0.1) is 5.92 Å². The van der Waals surface area contributed by atoms with Gasteiger partial charge in [0.1, 0.15) is 0 Å². The van der Waals surface area contributed by atoms with Gasteiger partial charge < -0.3 is 20.9 Å². The lowest BCUT2D eigenvalue weighted by Crippen LogP contribution is -2.46. The van der Waals surface area contributed by atoms with Crippen molar-refractivity contribution in [3.63, 3.8) is 0 Å². The van der Waals surface area contributed by atoms with Gasteiger partial charge in [-0.3, -0.25) is 4.79 Å². The minimum Gasteiger partial charge on any atom is -0.368 e. The first-order chi connectivity index (χ1) is 8.81. The van der Waals surface area contributed by atoms with E-state index in [0.717, 1.165) is 26.1 Å². The van der Waals surface area contributed by atoms with Crippen molar-refractivity contribution in [1.29, 1.82) is 0 Å². The Bertz CT molecular complexity index is 293. The topological polar surface area (TPSA) is 61.6 Å². The minimum absolute atomic E-state index is 0.214. The molecule has 0 aromatic carbocycles. The minimum atomic E-state index is -0.245. The van der Waals surface area contributed by atoms with E-state index < -0.39 is 0 Å². The highest BCUT2D eigenvalue weighted by atomic mass is 16.1. The zero-order valence-corrected chi connectivity index (χ0v) is 13.0. The summed E-state index contributed by atoms with van der Waals surface area (Å²) in [5.74, 6) is 0.435.